The third-order valence-electron chi connectivity index (χ3n) is 5.06. The lowest BCUT2D eigenvalue weighted by Crippen LogP contribution is -2.21. The Kier molecular flexibility index (Phi) is 5.81. The van der Waals surface area contributed by atoms with Crippen molar-refractivity contribution < 1.29 is 19.2 Å². The summed E-state index contributed by atoms with van der Waals surface area (Å²) in [6.07, 6.45) is 3.29. The fourth-order valence-corrected chi connectivity index (χ4v) is 4.37. The van der Waals surface area contributed by atoms with Crippen LogP contribution in [0.2, 0.25) is 0 Å². The molecule has 0 aliphatic heterocycles. The minimum atomic E-state index is -0.677. The number of amides is 1. The number of thiazole rings is 1. The number of aromatic nitrogens is 3. The summed E-state index contributed by atoms with van der Waals surface area (Å²) in [6, 6.07) is 16.6. The van der Waals surface area contributed by atoms with Crippen molar-refractivity contribution in [1.29, 1.82) is 0 Å². The van der Waals surface area contributed by atoms with E-state index >= 15 is 0 Å². The van der Waals surface area contributed by atoms with E-state index in [1.165, 1.54) is 18.2 Å². The summed E-state index contributed by atoms with van der Waals surface area (Å²) in [4.78, 5) is 48.7. The van der Waals surface area contributed by atoms with Gasteiger partial charge in [0.15, 0.2) is 11.7 Å². The van der Waals surface area contributed by atoms with Gasteiger partial charge in [-0.2, -0.15) is 0 Å². The summed E-state index contributed by atoms with van der Waals surface area (Å²) in [5.74, 6) is -1.26. The third kappa shape index (κ3) is 4.66. The average Bonchev–Trinajstić information content (AvgIpc) is 3.28. The number of nitrogens with zero attached hydrogens (tertiary/aromatic N) is 4. The van der Waals surface area contributed by atoms with E-state index in [4.69, 9.17) is 4.74 Å². The van der Waals surface area contributed by atoms with Crippen LogP contribution >= 0.6 is 11.3 Å². The first kappa shape index (κ1) is 22.0. The van der Waals surface area contributed by atoms with Crippen molar-refractivity contribution in [2.45, 2.75) is 0 Å². The minimum Gasteiger partial charge on any atom is -0.452 e. The number of nitro groups is 1. The minimum absolute atomic E-state index is 0.0665. The first-order chi connectivity index (χ1) is 17.0. The third-order valence-corrected chi connectivity index (χ3v) is 5.99. The second kappa shape index (κ2) is 9.23. The highest BCUT2D eigenvalue weighted by molar-refractivity contribution is 7.22. The molecule has 35 heavy (non-hydrogen) atoms. The quantitative estimate of drug-likeness (QED) is 0.209. The number of fused-ring (bicyclic) bond motifs is 2. The number of hydrogen-bond acceptors (Lipinski definition) is 9. The zero-order valence-electron chi connectivity index (χ0n) is 17.9. The fraction of sp³-hybridized carbons (Fsp3) is 0.0417. The number of nitrogens with one attached hydrogen (secondary N) is 1. The molecule has 0 fully saturated rings. The van der Waals surface area contributed by atoms with E-state index < -0.39 is 23.4 Å². The van der Waals surface area contributed by atoms with Crippen molar-refractivity contribution >= 4 is 55.2 Å². The van der Waals surface area contributed by atoms with Gasteiger partial charge in [-0.3, -0.25) is 25.2 Å². The van der Waals surface area contributed by atoms with Gasteiger partial charge in [-0.1, -0.05) is 29.5 Å². The molecule has 3 heterocycles. The Morgan fingerprint density at radius 2 is 1.89 bits per heavy atom. The highest BCUT2D eigenvalue weighted by atomic mass is 32.1. The van der Waals surface area contributed by atoms with Gasteiger partial charge >= 0.3 is 5.97 Å². The summed E-state index contributed by atoms with van der Waals surface area (Å²) in [7, 11) is 0. The molecule has 5 rings (SSSR count). The zero-order chi connectivity index (χ0) is 24.4. The van der Waals surface area contributed by atoms with Gasteiger partial charge < -0.3 is 4.74 Å². The number of hydrogen-bond donors (Lipinski definition) is 1. The molecule has 0 atom stereocenters. The Labute approximate surface area is 201 Å². The van der Waals surface area contributed by atoms with E-state index in [2.05, 4.69) is 20.3 Å². The molecule has 11 heteroatoms. The van der Waals surface area contributed by atoms with Crippen LogP contribution in [0.15, 0.2) is 73.1 Å². The van der Waals surface area contributed by atoms with Gasteiger partial charge in [-0.15, -0.1) is 0 Å². The molecule has 0 bridgehead atoms. The van der Waals surface area contributed by atoms with E-state index in [0.29, 0.717) is 26.8 Å². The van der Waals surface area contributed by atoms with E-state index in [0.717, 1.165) is 16.9 Å². The SMILES string of the molecule is O=C(COC(=O)c1cc(-c2cccnc2)nc2ccccc12)Nc1nc2ccc([N+](=O)[O-])cc2s1. The van der Waals surface area contributed by atoms with Crippen LogP contribution in [-0.4, -0.2) is 38.4 Å². The predicted octanol–water partition coefficient (Wildman–Crippen LogP) is 4.61. The first-order valence-corrected chi connectivity index (χ1v) is 11.1. The Bertz CT molecular complexity index is 1600. The van der Waals surface area contributed by atoms with Crippen LogP contribution in [0, 0.1) is 10.1 Å². The largest absolute Gasteiger partial charge is 0.452 e. The Morgan fingerprint density at radius 3 is 2.69 bits per heavy atom. The van der Waals surface area contributed by atoms with Gasteiger partial charge in [0.2, 0.25) is 0 Å². The fourth-order valence-electron chi connectivity index (χ4n) is 3.45. The highest BCUT2D eigenvalue weighted by Crippen LogP contribution is 2.29. The van der Waals surface area contributed by atoms with Gasteiger partial charge in [0, 0.05) is 35.5 Å². The molecular formula is C24H15N5O5S. The van der Waals surface area contributed by atoms with Crippen molar-refractivity contribution in [3.8, 4) is 11.3 Å². The molecule has 0 spiro atoms. The molecule has 0 aliphatic rings. The van der Waals surface area contributed by atoms with Gasteiger partial charge in [0.1, 0.15) is 0 Å². The van der Waals surface area contributed by atoms with Crippen LogP contribution in [0.1, 0.15) is 10.4 Å². The molecule has 0 saturated heterocycles. The lowest BCUT2D eigenvalue weighted by atomic mass is 10.1. The number of non-ortho nitro benzene ring substituents is 1. The summed E-state index contributed by atoms with van der Waals surface area (Å²) in [6.45, 7) is -0.534. The second-order valence-electron chi connectivity index (χ2n) is 7.37. The lowest BCUT2D eigenvalue weighted by molar-refractivity contribution is -0.384. The molecule has 0 radical (unpaired) electrons. The number of pyridine rings is 2. The number of nitro benzene ring substituents is 1. The monoisotopic (exact) mass is 485 g/mol. The van der Waals surface area contributed by atoms with Crippen LogP contribution in [0.3, 0.4) is 0 Å². The van der Waals surface area contributed by atoms with Crippen LogP contribution in [0.25, 0.3) is 32.4 Å². The molecule has 10 nitrogen and oxygen atoms in total. The standard InChI is InChI=1S/C24H15N5O5S/c30-22(28-24-27-19-8-7-15(29(32)33)10-21(19)35-24)13-34-23(31)17-11-20(14-4-3-9-25-12-14)26-18-6-2-1-5-16(17)18/h1-12H,13H2,(H,27,28,30). The topological polar surface area (TPSA) is 137 Å². The second-order valence-corrected chi connectivity index (χ2v) is 8.40. The molecule has 3 aromatic heterocycles. The number of anilines is 1. The summed E-state index contributed by atoms with van der Waals surface area (Å²) in [5.41, 5.74) is 2.61. The number of rotatable bonds is 6. The van der Waals surface area contributed by atoms with E-state index in [-0.39, 0.29) is 16.4 Å². The van der Waals surface area contributed by atoms with E-state index in [1.54, 1.807) is 42.7 Å². The maximum atomic E-state index is 12.9. The maximum absolute atomic E-state index is 12.9. The van der Waals surface area contributed by atoms with Crippen LogP contribution in [0.5, 0.6) is 0 Å². The smallest absolute Gasteiger partial charge is 0.339 e. The Morgan fingerprint density at radius 1 is 1.03 bits per heavy atom. The average molecular weight is 485 g/mol. The van der Waals surface area contributed by atoms with Crippen LogP contribution in [-0.2, 0) is 9.53 Å². The number of carbonyl (C=O) groups is 2. The van der Waals surface area contributed by atoms with Gasteiger partial charge in [0.25, 0.3) is 11.6 Å². The summed E-state index contributed by atoms with van der Waals surface area (Å²) in [5, 5.41) is 14.3. The number of benzene rings is 2. The number of carbonyl (C=O) groups excluding carboxylic acids is 2. The molecule has 1 amide bonds. The zero-order valence-corrected chi connectivity index (χ0v) is 18.7. The predicted molar refractivity (Wildman–Crippen MR) is 130 cm³/mol. The molecule has 172 valence electrons. The first-order valence-electron chi connectivity index (χ1n) is 10.3. The number of ether oxygens (including phenoxy) is 1. The molecule has 0 unspecified atom stereocenters. The molecule has 2 aromatic carbocycles. The highest BCUT2D eigenvalue weighted by Gasteiger charge is 2.18. The lowest BCUT2D eigenvalue weighted by Gasteiger charge is -2.10. The normalized spacial score (nSPS) is 10.9. The van der Waals surface area contributed by atoms with Gasteiger partial charge in [-0.05, 0) is 30.3 Å². The van der Waals surface area contributed by atoms with Crippen molar-refractivity contribution in [3.63, 3.8) is 0 Å². The molecule has 0 aliphatic carbocycles. The van der Waals surface area contributed by atoms with Gasteiger partial charge in [0.05, 0.1) is 31.9 Å². The van der Waals surface area contributed by atoms with Crippen LogP contribution < -0.4 is 5.32 Å². The van der Waals surface area contributed by atoms with Crippen LogP contribution in [0.4, 0.5) is 10.8 Å². The Hall–Kier alpha value is -4.77. The molecule has 1 N–H and O–H groups in total. The van der Waals surface area contributed by atoms with Gasteiger partial charge in [-0.25, -0.2) is 14.8 Å². The molecule has 5 aromatic rings. The van der Waals surface area contributed by atoms with Crippen molar-refractivity contribution in [2.24, 2.45) is 0 Å². The number of para-hydroxylation sites is 1. The van der Waals surface area contributed by atoms with E-state index in [9.17, 15) is 19.7 Å². The van der Waals surface area contributed by atoms with Crippen molar-refractivity contribution in [3.05, 3.63) is 88.7 Å². The molecule has 0 saturated carbocycles. The number of esters is 1. The Balaban J connectivity index is 1.33. The maximum Gasteiger partial charge on any atom is 0.339 e. The molecular weight excluding hydrogens is 470 g/mol. The summed E-state index contributed by atoms with van der Waals surface area (Å²) < 4.78 is 5.83. The summed E-state index contributed by atoms with van der Waals surface area (Å²) >= 11 is 1.09. The van der Waals surface area contributed by atoms with Crippen molar-refractivity contribution in [2.75, 3.05) is 11.9 Å². The van der Waals surface area contributed by atoms with Crippen molar-refractivity contribution in [1.82, 2.24) is 15.0 Å². The van der Waals surface area contributed by atoms with E-state index in [1.807, 2.05) is 12.1 Å².